The molecule has 1 N–H and O–H groups in total. The second kappa shape index (κ2) is 7.05. The lowest BCUT2D eigenvalue weighted by Crippen LogP contribution is -2.18. The average molecular weight is 332 g/mol. The van der Waals surface area contributed by atoms with Crippen LogP contribution >= 0.6 is 15.9 Å². The predicted octanol–water partition coefficient (Wildman–Crippen LogP) is 5.42. The number of hydrogen-bond acceptors (Lipinski definition) is 1. The van der Waals surface area contributed by atoms with Crippen LogP contribution in [0.5, 0.6) is 0 Å². The number of nitrogens with one attached hydrogen (secondary N) is 1. The Morgan fingerprint density at radius 3 is 2.20 bits per heavy atom. The number of benzene rings is 2. The molecule has 2 aromatic rings. The largest absolute Gasteiger partial charge is 0.306 e. The van der Waals surface area contributed by atoms with E-state index in [-0.39, 0.29) is 0 Å². The minimum Gasteiger partial charge on any atom is -0.306 e. The van der Waals surface area contributed by atoms with Crippen LogP contribution in [0.3, 0.4) is 0 Å². The average Bonchev–Trinajstić information content (AvgIpc) is 2.45. The van der Waals surface area contributed by atoms with Gasteiger partial charge in [0.2, 0.25) is 0 Å². The van der Waals surface area contributed by atoms with Crippen molar-refractivity contribution in [3.05, 3.63) is 69.7 Å². The standard InChI is InChI=1S/C18H22BrN/c1-13(2)16-10-8-15(9-11-16)12-20-14(3)17-6-4-5-7-18(17)19/h4-11,13-14,20H,12H2,1-3H3/t14-/m0/s1. The molecule has 0 saturated carbocycles. The fourth-order valence-corrected chi connectivity index (χ4v) is 2.86. The van der Waals surface area contributed by atoms with Crippen molar-refractivity contribution in [1.82, 2.24) is 5.32 Å². The van der Waals surface area contributed by atoms with Crippen molar-refractivity contribution < 1.29 is 0 Å². The molecule has 1 atom stereocenters. The van der Waals surface area contributed by atoms with Crippen LogP contribution in [-0.2, 0) is 6.54 Å². The van der Waals surface area contributed by atoms with Crippen molar-refractivity contribution in [1.29, 1.82) is 0 Å². The highest BCUT2D eigenvalue weighted by atomic mass is 79.9. The van der Waals surface area contributed by atoms with Crippen LogP contribution in [0.1, 0.15) is 49.4 Å². The Kier molecular flexibility index (Phi) is 5.38. The van der Waals surface area contributed by atoms with E-state index in [1.165, 1.54) is 16.7 Å². The smallest absolute Gasteiger partial charge is 0.0306 e. The summed E-state index contributed by atoms with van der Waals surface area (Å²) in [5.41, 5.74) is 4.02. The Labute approximate surface area is 130 Å². The maximum Gasteiger partial charge on any atom is 0.0306 e. The molecule has 106 valence electrons. The zero-order valence-electron chi connectivity index (χ0n) is 12.4. The Morgan fingerprint density at radius 2 is 1.60 bits per heavy atom. The summed E-state index contributed by atoms with van der Waals surface area (Å²) in [7, 11) is 0. The highest BCUT2D eigenvalue weighted by Gasteiger charge is 2.08. The summed E-state index contributed by atoms with van der Waals surface area (Å²) < 4.78 is 1.16. The van der Waals surface area contributed by atoms with Gasteiger partial charge < -0.3 is 5.32 Å². The monoisotopic (exact) mass is 331 g/mol. The van der Waals surface area contributed by atoms with E-state index in [9.17, 15) is 0 Å². The first kappa shape index (κ1) is 15.3. The van der Waals surface area contributed by atoms with Crippen LogP contribution in [0.15, 0.2) is 53.0 Å². The van der Waals surface area contributed by atoms with E-state index in [0.717, 1.165) is 11.0 Å². The normalized spacial score (nSPS) is 12.7. The molecular weight excluding hydrogens is 310 g/mol. The molecular formula is C18H22BrN. The van der Waals surface area contributed by atoms with Gasteiger partial charge in [0, 0.05) is 17.1 Å². The molecule has 0 spiro atoms. The molecule has 2 heteroatoms. The van der Waals surface area contributed by atoms with Gasteiger partial charge in [-0.1, -0.05) is 72.2 Å². The van der Waals surface area contributed by atoms with Gasteiger partial charge in [-0.05, 0) is 35.6 Å². The van der Waals surface area contributed by atoms with Crippen LogP contribution in [0.25, 0.3) is 0 Å². The first-order valence-corrected chi connectivity index (χ1v) is 7.94. The zero-order valence-corrected chi connectivity index (χ0v) is 13.9. The molecule has 0 aliphatic heterocycles. The second-order valence-corrected chi connectivity index (χ2v) is 6.37. The molecule has 2 aromatic carbocycles. The van der Waals surface area contributed by atoms with Gasteiger partial charge in [-0.3, -0.25) is 0 Å². The van der Waals surface area contributed by atoms with Gasteiger partial charge >= 0.3 is 0 Å². The maximum absolute atomic E-state index is 3.61. The van der Waals surface area contributed by atoms with E-state index in [1.807, 2.05) is 6.07 Å². The van der Waals surface area contributed by atoms with Crippen LogP contribution in [0, 0.1) is 0 Å². The third-order valence-corrected chi connectivity index (χ3v) is 4.35. The summed E-state index contributed by atoms with van der Waals surface area (Å²) in [6.07, 6.45) is 0. The molecule has 0 aliphatic carbocycles. The van der Waals surface area contributed by atoms with Gasteiger partial charge in [-0.15, -0.1) is 0 Å². The molecule has 0 aromatic heterocycles. The van der Waals surface area contributed by atoms with E-state index in [0.29, 0.717) is 12.0 Å². The summed E-state index contributed by atoms with van der Waals surface area (Å²) >= 11 is 3.61. The highest BCUT2D eigenvalue weighted by Crippen LogP contribution is 2.23. The van der Waals surface area contributed by atoms with Crippen molar-refractivity contribution in [3.8, 4) is 0 Å². The predicted molar refractivity (Wildman–Crippen MR) is 89.9 cm³/mol. The molecule has 0 heterocycles. The Hall–Kier alpha value is -1.12. The van der Waals surface area contributed by atoms with Crippen LogP contribution < -0.4 is 5.32 Å². The van der Waals surface area contributed by atoms with Gasteiger partial charge in [0.1, 0.15) is 0 Å². The number of rotatable bonds is 5. The van der Waals surface area contributed by atoms with Crippen LogP contribution in [0.2, 0.25) is 0 Å². The second-order valence-electron chi connectivity index (χ2n) is 5.52. The van der Waals surface area contributed by atoms with Crippen molar-refractivity contribution >= 4 is 15.9 Å². The van der Waals surface area contributed by atoms with Crippen LogP contribution in [0.4, 0.5) is 0 Å². The molecule has 0 bridgehead atoms. The van der Waals surface area contributed by atoms with Crippen molar-refractivity contribution in [2.45, 2.75) is 39.3 Å². The van der Waals surface area contributed by atoms with E-state index in [4.69, 9.17) is 0 Å². The molecule has 0 amide bonds. The lowest BCUT2D eigenvalue weighted by molar-refractivity contribution is 0.572. The number of hydrogen-bond donors (Lipinski definition) is 1. The topological polar surface area (TPSA) is 12.0 Å². The SMILES string of the molecule is CC(C)c1ccc(CN[C@@H](C)c2ccccc2Br)cc1. The lowest BCUT2D eigenvalue weighted by atomic mass is 10.0. The Bertz CT molecular complexity index is 546. The summed E-state index contributed by atoms with van der Waals surface area (Å²) in [6, 6.07) is 17.6. The Balaban J connectivity index is 1.96. The third kappa shape index (κ3) is 3.94. The lowest BCUT2D eigenvalue weighted by Gasteiger charge is -2.16. The van der Waals surface area contributed by atoms with Gasteiger partial charge in [0.25, 0.3) is 0 Å². The maximum atomic E-state index is 3.61. The van der Waals surface area contributed by atoms with Crippen molar-refractivity contribution in [3.63, 3.8) is 0 Å². The zero-order chi connectivity index (χ0) is 14.5. The van der Waals surface area contributed by atoms with E-state index < -0.39 is 0 Å². The minimum atomic E-state index is 0.329. The van der Waals surface area contributed by atoms with Gasteiger partial charge in [-0.2, -0.15) is 0 Å². The quantitative estimate of drug-likeness (QED) is 0.770. The highest BCUT2D eigenvalue weighted by molar-refractivity contribution is 9.10. The van der Waals surface area contributed by atoms with Crippen molar-refractivity contribution in [2.24, 2.45) is 0 Å². The first-order chi connectivity index (χ1) is 9.58. The summed E-state index contributed by atoms with van der Waals surface area (Å²) in [5, 5.41) is 3.57. The van der Waals surface area contributed by atoms with Gasteiger partial charge in [0.15, 0.2) is 0 Å². The summed E-state index contributed by atoms with van der Waals surface area (Å²) in [5.74, 6) is 0.594. The molecule has 20 heavy (non-hydrogen) atoms. The third-order valence-electron chi connectivity index (χ3n) is 3.63. The van der Waals surface area contributed by atoms with E-state index in [1.54, 1.807) is 0 Å². The molecule has 0 radical (unpaired) electrons. The van der Waals surface area contributed by atoms with Crippen LogP contribution in [-0.4, -0.2) is 0 Å². The number of halogens is 1. The van der Waals surface area contributed by atoms with Crippen molar-refractivity contribution in [2.75, 3.05) is 0 Å². The van der Waals surface area contributed by atoms with Gasteiger partial charge in [0.05, 0.1) is 0 Å². The fraction of sp³-hybridized carbons (Fsp3) is 0.333. The minimum absolute atomic E-state index is 0.329. The molecule has 0 fully saturated rings. The van der Waals surface area contributed by atoms with Gasteiger partial charge in [-0.25, -0.2) is 0 Å². The molecule has 2 rings (SSSR count). The molecule has 1 nitrogen and oxygen atoms in total. The molecule has 0 unspecified atom stereocenters. The first-order valence-electron chi connectivity index (χ1n) is 7.14. The summed E-state index contributed by atoms with van der Waals surface area (Å²) in [4.78, 5) is 0. The molecule has 0 saturated heterocycles. The Morgan fingerprint density at radius 1 is 0.950 bits per heavy atom. The van der Waals surface area contributed by atoms with E-state index in [2.05, 4.69) is 84.5 Å². The summed E-state index contributed by atoms with van der Waals surface area (Å²) in [6.45, 7) is 7.54. The van der Waals surface area contributed by atoms with E-state index >= 15 is 0 Å². The fourth-order valence-electron chi connectivity index (χ4n) is 2.23. The molecule has 0 aliphatic rings.